The number of aliphatic hydroxyl groups excluding tert-OH is 1. The number of ether oxygens (including phenoxy) is 1. The molecule has 0 aromatic rings. The minimum absolute atomic E-state index is 0.237. The average Bonchev–Trinajstić information content (AvgIpc) is 2.67. The van der Waals surface area contributed by atoms with Crippen molar-refractivity contribution in [2.75, 3.05) is 24.7 Å². The highest BCUT2D eigenvalue weighted by atomic mass is 32.2. The summed E-state index contributed by atoms with van der Waals surface area (Å²) in [6, 6.07) is 0.447. The second kappa shape index (κ2) is 7.49. The quantitative estimate of drug-likeness (QED) is 0.694. The normalized spacial score (nSPS) is 23.6. The van der Waals surface area contributed by atoms with Crippen LogP contribution in [0.4, 0.5) is 0 Å². The van der Waals surface area contributed by atoms with Crippen LogP contribution in [0.25, 0.3) is 0 Å². The molecule has 0 radical (unpaired) electrons. The van der Waals surface area contributed by atoms with E-state index in [9.17, 15) is 5.11 Å². The van der Waals surface area contributed by atoms with Gasteiger partial charge in [0, 0.05) is 30.7 Å². The molecule has 4 heteroatoms. The van der Waals surface area contributed by atoms with Gasteiger partial charge in [0.05, 0.1) is 12.2 Å². The molecule has 90 valence electrons. The Hall–Kier alpha value is 0.230. The van der Waals surface area contributed by atoms with Crippen LogP contribution in [0.2, 0.25) is 0 Å². The number of hydrogen-bond donors (Lipinski definition) is 2. The maximum absolute atomic E-state index is 9.65. The van der Waals surface area contributed by atoms with Crippen LogP contribution in [0.1, 0.15) is 26.7 Å². The average molecular weight is 233 g/mol. The van der Waals surface area contributed by atoms with Crippen molar-refractivity contribution in [1.82, 2.24) is 5.32 Å². The van der Waals surface area contributed by atoms with E-state index in [1.165, 1.54) is 12.8 Å². The van der Waals surface area contributed by atoms with Gasteiger partial charge in [-0.3, -0.25) is 0 Å². The van der Waals surface area contributed by atoms with E-state index in [2.05, 4.69) is 19.2 Å². The summed E-state index contributed by atoms with van der Waals surface area (Å²) in [4.78, 5) is 0. The molecular formula is C11H23NO2S. The van der Waals surface area contributed by atoms with Crippen LogP contribution in [0.5, 0.6) is 0 Å². The van der Waals surface area contributed by atoms with Crippen molar-refractivity contribution in [3.8, 4) is 0 Å². The van der Waals surface area contributed by atoms with Gasteiger partial charge in [-0.2, -0.15) is 11.8 Å². The molecule has 2 atom stereocenters. The minimum atomic E-state index is -0.237. The van der Waals surface area contributed by atoms with Gasteiger partial charge in [0.2, 0.25) is 0 Å². The fourth-order valence-corrected chi connectivity index (χ4v) is 2.59. The second-order valence-corrected chi connectivity index (χ2v) is 5.46. The molecule has 1 aliphatic heterocycles. The van der Waals surface area contributed by atoms with Crippen molar-refractivity contribution in [2.24, 2.45) is 0 Å². The predicted molar refractivity (Wildman–Crippen MR) is 65.4 cm³/mol. The smallest absolute Gasteiger partial charge is 0.0754 e. The molecule has 1 saturated heterocycles. The molecule has 15 heavy (non-hydrogen) atoms. The molecule has 3 nitrogen and oxygen atoms in total. The SMILES string of the molecule is CC(C)NCC(O)CSCC1CCCO1. The van der Waals surface area contributed by atoms with Gasteiger partial charge in [-0.25, -0.2) is 0 Å². The van der Waals surface area contributed by atoms with E-state index in [0.29, 0.717) is 18.7 Å². The van der Waals surface area contributed by atoms with E-state index < -0.39 is 0 Å². The van der Waals surface area contributed by atoms with Crippen molar-refractivity contribution in [3.63, 3.8) is 0 Å². The molecule has 0 spiro atoms. The molecule has 1 aliphatic rings. The van der Waals surface area contributed by atoms with E-state index in [1.807, 2.05) is 0 Å². The number of nitrogens with one attached hydrogen (secondary N) is 1. The highest BCUT2D eigenvalue weighted by molar-refractivity contribution is 7.99. The Morgan fingerprint density at radius 1 is 1.53 bits per heavy atom. The third-order valence-electron chi connectivity index (χ3n) is 2.40. The zero-order chi connectivity index (χ0) is 11.1. The van der Waals surface area contributed by atoms with E-state index >= 15 is 0 Å². The number of hydrogen-bond acceptors (Lipinski definition) is 4. The van der Waals surface area contributed by atoms with Crippen molar-refractivity contribution >= 4 is 11.8 Å². The van der Waals surface area contributed by atoms with Crippen molar-refractivity contribution in [2.45, 2.75) is 44.9 Å². The highest BCUT2D eigenvalue weighted by Gasteiger charge is 2.15. The van der Waals surface area contributed by atoms with E-state index in [-0.39, 0.29) is 6.10 Å². The summed E-state index contributed by atoms with van der Waals surface area (Å²) in [7, 11) is 0. The molecular weight excluding hydrogens is 210 g/mol. The van der Waals surface area contributed by atoms with Gasteiger partial charge in [-0.15, -0.1) is 0 Å². The molecule has 1 heterocycles. The number of rotatable bonds is 7. The van der Waals surface area contributed by atoms with Gasteiger partial charge < -0.3 is 15.2 Å². The summed E-state index contributed by atoms with van der Waals surface area (Å²) in [6.45, 7) is 5.79. The molecule has 0 amide bonds. The van der Waals surface area contributed by atoms with Crippen molar-refractivity contribution < 1.29 is 9.84 Å². The largest absolute Gasteiger partial charge is 0.391 e. The zero-order valence-corrected chi connectivity index (χ0v) is 10.6. The Balaban J connectivity index is 1.93. The monoisotopic (exact) mass is 233 g/mol. The lowest BCUT2D eigenvalue weighted by molar-refractivity contribution is 0.128. The topological polar surface area (TPSA) is 41.5 Å². The predicted octanol–water partition coefficient (Wildman–Crippen LogP) is 1.26. The van der Waals surface area contributed by atoms with Crippen LogP contribution in [0.3, 0.4) is 0 Å². The minimum Gasteiger partial charge on any atom is -0.391 e. The van der Waals surface area contributed by atoms with E-state index in [0.717, 1.165) is 18.1 Å². The molecule has 0 bridgehead atoms. The van der Waals surface area contributed by atoms with E-state index in [4.69, 9.17) is 4.74 Å². The highest BCUT2D eigenvalue weighted by Crippen LogP contribution is 2.17. The summed E-state index contributed by atoms with van der Waals surface area (Å²) < 4.78 is 5.51. The van der Waals surface area contributed by atoms with Crippen LogP contribution in [-0.4, -0.2) is 48.0 Å². The van der Waals surface area contributed by atoms with Gasteiger partial charge in [0.25, 0.3) is 0 Å². The van der Waals surface area contributed by atoms with Crippen molar-refractivity contribution in [3.05, 3.63) is 0 Å². The maximum Gasteiger partial charge on any atom is 0.0754 e. The van der Waals surface area contributed by atoms with Gasteiger partial charge in [-0.1, -0.05) is 13.8 Å². The Labute approximate surface area is 97.0 Å². The fraction of sp³-hybridized carbons (Fsp3) is 1.00. The molecule has 0 aliphatic carbocycles. The first-order valence-corrected chi connectivity index (χ1v) is 6.94. The Morgan fingerprint density at radius 3 is 2.93 bits per heavy atom. The summed E-state index contributed by atoms with van der Waals surface area (Å²) in [6.07, 6.45) is 2.58. The first-order chi connectivity index (χ1) is 7.18. The molecule has 2 N–H and O–H groups in total. The Kier molecular flexibility index (Phi) is 6.64. The van der Waals surface area contributed by atoms with Crippen LogP contribution in [0, 0.1) is 0 Å². The van der Waals surface area contributed by atoms with Gasteiger partial charge in [0.1, 0.15) is 0 Å². The van der Waals surface area contributed by atoms with Crippen LogP contribution >= 0.6 is 11.8 Å². The number of thioether (sulfide) groups is 1. The Bertz CT molecular complexity index is 161. The van der Waals surface area contributed by atoms with Gasteiger partial charge in [-0.05, 0) is 12.8 Å². The lowest BCUT2D eigenvalue weighted by Crippen LogP contribution is -2.33. The maximum atomic E-state index is 9.65. The van der Waals surface area contributed by atoms with Gasteiger partial charge >= 0.3 is 0 Å². The Morgan fingerprint density at radius 2 is 2.33 bits per heavy atom. The standard InChI is InChI=1S/C11H23NO2S/c1-9(2)12-6-10(13)7-15-8-11-4-3-5-14-11/h9-13H,3-8H2,1-2H3. The van der Waals surface area contributed by atoms with Crippen LogP contribution in [0.15, 0.2) is 0 Å². The summed E-state index contributed by atoms with van der Waals surface area (Å²) in [5.74, 6) is 1.83. The zero-order valence-electron chi connectivity index (χ0n) is 9.74. The van der Waals surface area contributed by atoms with Crippen molar-refractivity contribution in [1.29, 1.82) is 0 Å². The molecule has 1 fully saturated rings. The molecule has 2 unspecified atom stereocenters. The lowest BCUT2D eigenvalue weighted by atomic mass is 10.3. The fourth-order valence-electron chi connectivity index (χ4n) is 1.54. The molecule has 0 aromatic heterocycles. The summed E-state index contributed by atoms with van der Waals surface area (Å²) in [5, 5.41) is 12.9. The molecule has 1 rings (SSSR count). The first-order valence-electron chi connectivity index (χ1n) is 5.79. The molecule has 0 aromatic carbocycles. The molecule has 0 saturated carbocycles. The van der Waals surface area contributed by atoms with E-state index in [1.54, 1.807) is 11.8 Å². The summed E-state index contributed by atoms with van der Waals surface area (Å²) in [5.41, 5.74) is 0. The second-order valence-electron chi connectivity index (χ2n) is 4.39. The number of aliphatic hydroxyl groups is 1. The lowest BCUT2D eigenvalue weighted by Gasteiger charge is -2.14. The summed E-state index contributed by atoms with van der Waals surface area (Å²) >= 11 is 1.80. The van der Waals surface area contributed by atoms with Crippen LogP contribution in [-0.2, 0) is 4.74 Å². The first kappa shape index (κ1) is 13.3. The third kappa shape index (κ3) is 6.40. The van der Waals surface area contributed by atoms with Crippen LogP contribution < -0.4 is 5.32 Å². The van der Waals surface area contributed by atoms with Gasteiger partial charge in [0.15, 0.2) is 0 Å². The third-order valence-corrected chi connectivity index (χ3v) is 3.63.